The van der Waals surface area contributed by atoms with Crippen LogP contribution in [0, 0.1) is 29.1 Å². The van der Waals surface area contributed by atoms with Gasteiger partial charge in [0.1, 0.15) is 0 Å². The minimum Gasteiger partial charge on any atom is -0.481 e. The van der Waals surface area contributed by atoms with Gasteiger partial charge in [0.15, 0.2) is 0 Å². The molecule has 4 nitrogen and oxygen atoms in total. The Morgan fingerprint density at radius 2 is 1.94 bits per heavy atom. The molecule has 2 unspecified atom stereocenters. The summed E-state index contributed by atoms with van der Waals surface area (Å²) in [7, 11) is 0. The number of aliphatic carboxylic acids is 1. The molecule has 0 radical (unpaired) electrons. The van der Waals surface area contributed by atoms with Crippen LogP contribution < -0.4 is 5.32 Å². The summed E-state index contributed by atoms with van der Waals surface area (Å²) in [5, 5.41) is 12.0. The molecule has 0 bridgehead atoms. The highest BCUT2D eigenvalue weighted by Gasteiger charge is 2.65. The Kier molecular flexibility index (Phi) is 3.39. The van der Waals surface area contributed by atoms with Crippen molar-refractivity contribution in [1.29, 1.82) is 0 Å². The Morgan fingerprint density at radius 3 is 2.39 bits per heavy atom. The molecule has 0 spiro atoms. The van der Waals surface area contributed by atoms with Gasteiger partial charge in [0.25, 0.3) is 0 Å². The van der Waals surface area contributed by atoms with Crippen LogP contribution >= 0.6 is 0 Å². The topological polar surface area (TPSA) is 66.4 Å². The average molecular weight is 253 g/mol. The van der Waals surface area contributed by atoms with E-state index >= 15 is 0 Å². The molecule has 2 aliphatic rings. The maximum Gasteiger partial charge on any atom is 0.307 e. The van der Waals surface area contributed by atoms with E-state index in [0.29, 0.717) is 12.5 Å². The van der Waals surface area contributed by atoms with Gasteiger partial charge >= 0.3 is 5.97 Å². The number of carbonyl (C=O) groups excluding carboxylic acids is 1. The second kappa shape index (κ2) is 4.56. The van der Waals surface area contributed by atoms with Gasteiger partial charge in [-0.25, -0.2) is 0 Å². The molecule has 102 valence electrons. The van der Waals surface area contributed by atoms with E-state index in [9.17, 15) is 9.59 Å². The van der Waals surface area contributed by atoms with Crippen LogP contribution in [0.25, 0.3) is 0 Å². The summed E-state index contributed by atoms with van der Waals surface area (Å²) >= 11 is 0. The maximum absolute atomic E-state index is 12.0. The average Bonchev–Trinajstić information content (AvgIpc) is 2.63. The molecule has 0 aromatic carbocycles. The van der Waals surface area contributed by atoms with E-state index in [1.807, 2.05) is 13.8 Å². The minimum absolute atomic E-state index is 0.0769. The number of carboxylic acid groups (broad SMARTS) is 1. The molecular formula is C14H23NO3. The van der Waals surface area contributed by atoms with Crippen LogP contribution in [0.15, 0.2) is 0 Å². The number of rotatable bonds is 4. The molecule has 2 saturated carbocycles. The van der Waals surface area contributed by atoms with Crippen molar-refractivity contribution < 1.29 is 14.7 Å². The molecule has 0 aromatic heterocycles. The Hall–Kier alpha value is -1.06. The lowest BCUT2D eigenvalue weighted by atomic mass is 10.1. The SMILES string of the molecule is CC1CCC(CNC(=O)[C@H]2[C@@H](C(=O)O)C2(C)C)C1. The van der Waals surface area contributed by atoms with Gasteiger partial charge in [-0.2, -0.15) is 0 Å². The van der Waals surface area contributed by atoms with Crippen molar-refractivity contribution >= 4 is 11.9 Å². The Balaban J connectivity index is 1.81. The van der Waals surface area contributed by atoms with E-state index in [1.165, 1.54) is 19.3 Å². The highest BCUT2D eigenvalue weighted by Crippen LogP contribution is 2.58. The molecule has 18 heavy (non-hydrogen) atoms. The second-order valence-corrected chi connectivity index (χ2v) is 6.64. The zero-order valence-electron chi connectivity index (χ0n) is 11.4. The van der Waals surface area contributed by atoms with Crippen LogP contribution in [-0.2, 0) is 9.59 Å². The summed E-state index contributed by atoms with van der Waals surface area (Å²) in [6.07, 6.45) is 3.60. The zero-order valence-corrected chi connectivity index (χ0v) is 11.4. The molecule has 4 heteroatoms. The highest BCUT2D eigenvalue weighted by atomic mass is 16.4. The molecule has 2 aliphatic carbocycles. The fraction of sp³-hybridized carbons (Fsp3) is 0.857. The number of nitrogens with one attached hydrogen (secondary N) is 1. The first-order valence-electron chi connectivity index (χ1n) is 6.84. The fourth-order valence-corrected chi connectivity index (χ4v) is 3.45. The van der Waals surface area contributed by atoms with Crippen LogP contribution in [0.4, 0.5) is 0 Å². The quantitative estimate of drug-likeness (QED) is 0.804. The summed E-state index contributed by atoms with van der Waals surface area (Å²) < 4.78 is 0. The maximum atomic E-state index is 12.0. The number of carbonyl (C=O) groups is 2. The lowest BCUT2D eigenvalue weighted by Gasteiger charge is -2.11. The normalized spacial score (nSPS) is 37.3. The number of amides is 1. The Bertz CT molecular complexity index is 364. The monoisotopic (exact) mass is 253 g/mol. The van der Waals surface area contributed by atoms with E-state index in [1.54, 1.807) is 0 Å². The smallest absolute Gasteiger partial charge is 0.307 e. The first-order chi connectivity index (χ1) is 8.34. The van der Waals surface area contributed by atoms with Gasteiger partial charge in [0, 0.05) is 6.54 Å². The van der Waals surface area contributed by atoms with Gasteiger partial charge in [-0.1, -0.05) is 27.2 Å². The standard InChI is InChI=1S/C14H23NO3/c1-8-4-5-9(6-8)7-15-12(16)10-11(13(17)18)14(10,2)3/h8-11H,4-7H2,1-3H3,(H,15,16)(H,17,18)/t8?,9?,10-,11+/m1/s1. The van der Waals surface area contributed by atoms with Gasteiger partial charge in [0.05, 0.1) is 11.8 Å². The first-order valence-corrected chi connectivity index (χ1v) is 6.84. The summed E-state index contributed by atoms with van der Waals surface area (Å²) in [5.41, 5.74) is -0.390. The number of hydrogen-bond acceptors (Lipinski definition) is 2. The summed E-state index contributed by atoms with van der Waals surface area (Å²) in [5.74, 6) is -0.458. The molecule has 0 aliphatic heterocycles. The predicted octanol–water partition coefficient (Wildman–Crippen LogP) is 1.90. The molecule has 0 aromatic rings. The van der Waals surface area contributed by atoms with Crippen LogP contribution in [0.2, 0.25) is 0 Å². The summed E-state index contributed by atoms with van der Waals surface area (Å²) in [6, 6.07) is 0. The van der Waals surface area contributed by atoms with E-state index in [4.69, 9.17) is 5.11 Å². The van der Waals surface area contributed by atoms with Gasteiger partial charge in [0.2, 0.25) is 5.91 Å². The second-order valence-electron chi connectivity index (χ2n) is 6.64. The zero-order chi connectivity index (χ0) is 13.5. The lowest BCUT2D eigenvalue weighted by Crippen LogP contribution is -2.31. The minimum atomic E-state index is -0.852. The fourth-order valence-electron chi connectivity index (χ4n) is 3.45. The lowest BCUT2D eigenvalue weighted by molar-refractivity contribution is -0.140. The van der Waals surface area contributed by atoms with Crippen LogP contribution in [0.3, 0.4) is 0 Å². The molecule has 0 heterocycles. The van der Waals surface area contributed by atoms with E-state index in [-0.39, 0.29) is 17.2 Å². The van der Waals surface area contributed by atoms with Crippen LogP contribution in [0.5, 0.6) is 0 Å². The highest BCUT2D eigenvalue weighted by molar-refractivity contribution is 5.91. The first kappa shape index (κ1) is 13.4. The molecular weight excluding hydrogens is 230 g/mol. The number of hydrogen-bond donors (Lipinski definition) is 2. The van der Waals surface area contributed by atoms with Gasteiger partial charge in [-0.3, -0.25) is 9.59 Å². The molecule has 2 N–H and O–H groups in total. The van der Waals surface area contributed by atoms with Gasteiger partial charge in [-0.15, -0.1) is 0 Å². The van der Waals surface area contributed by atoms with E-state index < -0.39 is 11.9 Å². The molecule has 0 saturated heterocycles. The van der Waals surface area contributed by atoms with Crippen LogP contribution in [0.1, 0.15) is 40.0 Å². The van der Waals surface area contributed by atoms with Crippen molar-refractivity contribution in [3.05, 3.63) is 0 Å². The summed E-state index contributed by atoms with van der Waals surface area (Å²) in [4.78, 5) is 23.0. The van der Waals surface area contributed by atoms with Crippen molar-refractivity contribution in [3.63, 3.8) is 0 Å². The molecule has 2 rings (SSSR count). The predicted molar refractivity (Wildman–Crippen MR) is 67.9 cm³/mol. The Morgan fingerprint density at radius 1 is 1.28 bits per heavy atom. The van der Waals surface area contributed by atoms with Crippen molar-refractivity contribution in [1.82, 2.24) is 5.32 Å². The third-order valence-electron chi connectivity index (χ3n) is 4.74. The molecule has 1 amide bonds. The van der Waals surface area contributed by atoms with Gasteiger partial charge < -0.3 is 10.4 Å². The largest absolute Gasteiger partial charge is 0.481 e. The number of carboxylic acids is 1. The molecule has 4 atom stereocenters. The third kappa shape index (κ3) is 2.38. The van der Waals surface area contributed by atoms with Crippen molar-refractivity contribution in [2.24, 2.45) is 29.1 Å². The van der Waals surface area contributed by atoms with Crippen molar-refractivity contribution in [2.75, 3.05) is 6.54 Å². The molecule has 2 fully saturated rings. The third-order valence-corrected chi connectivity index (χ3v) is 4.74. The van der Waals surface area contributed by atoms with E-state index in [0.717, 1.165) is 5.92 Å². The van der Waals surface area contributed by atoms with Gasteiger partial charge in [-0.05, 0) is 30.1 Å². The van der Waals surface area contributed by atoms with Crippen molar-refractivity contribution in [3.8, 4) is 0 Å². The van der Waals surface area contributed by atoms with Crippen LogP contribution in [-0.4, -0.2) is 23.5 Å². The summed E-state index contributed by atoms with van der Waals surface area (Å²) in [6.45, 7) is 6.66. The van der Waals surface area contributed by atoms with Crippen molar-refractivity contribution in [2.45, 2.75) is 40.0 Å². The van der Waals surface area contributed by atoms with E-state index in [2.05, 4.69) is 12.2 Å². The Labute approximate surface area is 108 Å².